The van der Waals surface area contributed by atoms with Crippen molar-refractivity contribution in [1.82, 2.24) is 5.32 Å². The SMILES string of the molecule is CCC(C(=O)CC(=N)N)c1ccccc1.CCC(C(=O)CC(=N)N)c1ccccc1.CCC(C(=O)CC(N)=O)c1ccccc1.CCC(C(=O)CC(N)=O)c1ccccc1.CCC(C(=O)O)c1ccccc1.CCC(C(=O)O)c1ccccc1.CCC(C(N)=O)(C(N)=O)c1ccccc1.CCC(C(N)=O)(C(N)=O)c1ccccc1.CCC(C(N)=O)(C(N)=O)c1ccccc1.CCC1(c2ccccc2)C(=O)N=C([O-])NC1=O.O.[Na+]. The van der Waals surface area contributed by atoms with Gasteiger partial charge in [0, 0.05) is 23.7 Å². The number of amidine groups is 3. The maximum atomic E-state index is 12.0. The van der Waals surface area contributed by atoms with Crippen molar-refractivity contribution in [2.24, 2.45) is 62.3 Å². The zero-order chi connectivity index (χ0) is 110. The number of Topliss-reactive ketones (excluding diaryl/α,β-unsaturated/α-hetero) is 4. The molecule has 1 aliphatic heterocycles. The number of ketones is 4. The van der Waals surface area contributed by atoms with Gasteiger partial charge in [-0.05, 0) is 120 Å². The third-order valence-corrected chi connectivity index (χ3v) is 24.1. The Morgan fingerprint density at radius 1 is 0.311 bits per heavy atom. The molecule has 0 bridgehead atoms. The van der Waals surface area contributed by atoms with Crippen LogP contribution >= 0.6 is 0 Å². The summed E-state index contributed by atoms with van der Waals surface area (Å²) in [5.41, 5.74) is 54.5. The summed E-state index contributed by atoms with van der Waals surface area (Å²) < 4.78 is 0. The number of nitrogens with zero attached hydrogens (tertiary/aromatic N) is 1. The molecule has 35 heteroatoms. The molecule has 0 aliphatic carbocycles. The molecule has 34 nitrogen and oxygen atoms in total. The number of carbonyl (C=O) groups excluding carboxylic acids is 14. The third-order valence-electron chi connectivity index (χ3n) is 24.1. The molecule has 10 aromatic rings. The number of amides is 10. The minimum Gasteiger partial charge on any atom is -0.846 e. The molecule has 10 aromatic carbocycles. The average molecular weight is 2040 g/mol. The van der Waals surface area contributed by atoms with E-state index in [1.165, 1.54) is 0 Å². The number of carboxylic acids is 2. The second kappa shape index (κ2) is 69.2. The van der Waals surface area contributed by atoms with Crippen LogP contribution in [0.1, 0.15) is 250 Å². The van der Waals surface area contributed by atoms with Gasteiger partial charge in [-0.1, -0.05) is 373 Å². The van der Waals surface area contributed by atoms with E-state index in [1.807, 2.05) is 224 Å². The van der Waals surface area contributed by atoms with Gasteiger partial charge < -0.3 is 83.4 Å². The molecular formula is C113H141N14NaO20. The molecule has 27 N–H and O–H groups in total. The second-order valence-electron chi connectivity index (χ2n) is 33.3. The first-order valence-corrected chi connectivity index (χ1v) is 47.6. The van der Waals surface area contributed by atoms with Crippen LogP contribution in [0.25, 0.3) is 0 Å². The summed E-state index contributed by atoms with van der Waals surface area (Å²) in [5.74, 6) is -9.80. The number of primary amides is 8. The summed E-state index contributed by atoms with van der Waals surface area (Å²) in [4.78, 5) is 185. The number of benzene rings is 10. The molecule has 10 amide bonds. The Labute approximate surface area is 886 Å². The molecule has 148 heavy (non-hydrogen) atoms. The van der Waals surface area contributed by atoms with E-state index in [2.05, 4.69) is 10.3 Å². The van der Waals surface area contributed by atoms with Crippen LogP contribution in [0.15, 0.2) is 308 Å². The van der Waals surface area contributed by atoms with Crippen LogP contribution in [-0.4, -0.2) is 128 Å². The molecular weight excluding hydrogens is 1900 g/mol. The number of aliphatic carboxylic acids is 2. The van der Waals surface area contributed by atoms with E-state index in [-0.39, 0.29) is 157 Å². The Bertz CT molecular complexity index is 5340. The van der Waals surface area contributed by atoms with Gasteiger partial charge in [0.25, 0.3) is 5.91 Å². The number of nitrogens with one attached hydrogen (secondary N) is 3. The zero-order valence-corrected chi connectivity index (χ0v) is 87.8. The van der Waals surface area contributed by atoms with Gasteiger partial charge in [-0.15, -0.1) is 0 Å². The monoisotopic (exact) mass is 2040 g/mol. The average Bonchev–Trinajstić information content (AvgIpc) is 0.754. The first kappa shape index (κ1) is 132. The summed E-state index contributed by atoms with van der Waals surface area (Å²) in [5, 5.41) is 45.0. The minimum atomic E-state index is -1.39. The van der Waals surface area contributed by atoms with E-state index in [9.17, 15) is 81.8 Å². The molecule has 0 spiro atoms. The number of rotatable bonds is 40. The van der Waals surface area contributed by atoms with Crippen molar-refractivity contribution in [3.63, 3.8) is 0 Å². The van der Waals surface area contributed by atoms with Crippen LogP contribution in [-0.2, 0) is 98.4 Å². The van der Waals surface area contributed by atoms with Gasteiger partial charge in [0.1, 0.15) is 23.1 Å². The number of nitrogens with two attached hydrogens (primary N) is 10. The first-order valence-electron chi connectivity index (χ1n) is 47.6. The molecule has 0 fully saturated rings. The molecule has 784 valence electrons. The van der Waals surface area contributed by atoms with Crippen LogP contribution in [0.4, 0.5) is 0 Å². The molecule has 0 radical (unpaired) electrons. The van der Waals surface area contributed by atoms with Gasteiger partial charge in [-0.3, -0.25) is 87.5 Å². The minimum absolute atomic E-state index is 0. The van der Waals surface area contributed by atoms with Crippen molar-refractivity contribution in [2.75, 3.05) is 0 Å². The van der Waals surface area contributed by atoms with Crippen molar-refractivity contribution < 1.29 is 127 Å². The topological polar surface area (TPSA) is 700 Å². The van der Waals surface area contributed by atoms with Crippen molar-refractivity contribution in [2.45, 2.75) is 216 Å². The Hall–Kier alpha value is -15.9. The van der Waals surface area contributed by atoms with E-state index in [0.717, 1.165) is 46.2 Å². The van der Waals surface area contributed by atoms with Crippen LogP contribution in [0.5, 0.6) is 0 Å². The van der Waals surface area contributed by atoms with Crippen LogP contribution in [0.2, 0.25) is 0 Å². The summed E-state index contributed by atoms with van der Waals surface area (Å²) in [7, 11) is 0. The van der Waals surface area contributed by atoms with Crippen molar-refractivity contribution >= 4 is 112 Å². The van der Waals surface area contributed by atoms with Crippen molar-refractivity contribution in [3.05, 3.63) is 359 Å². The number of carbonyl (C=O) groups is 16. The van der Waals surface area contributed by atoms with Gasteiger partial charge in [-0.2, -0.15) is 0 Å². The number of carboxylic acid groups (broad SMARTS) is 2. The zero-order valence-electron chi connectivity index (χ0n) is 85.8. The quantitative estimate of drug-likeness (QED) is 0.00738. The second-order valence-corrected chi connectivity index (χ2v) is 33.3. The summed E-state index contributed by atoms with van der Waals surface area (Å²) in [6.07, 6.45) is 4.96. The fourth-order valence-electron chi connectivity index (χ4n) is 16.1. The summed E-state index contributed by atoms with van der Waals surface area (Å²) in [6.45, 7) is 18.4. The third kappa shape index (κ3) is 40.2. The van der Waals surface area contributed by atoms with Gasteiger partial charge in [0.15, 0.2) is 21.7 Å². The number of hydrogen-bond donors (Lipinski definition) is 15. The van der Waals surface area contributed by atoms with Gasteiger partial charge >= 0.3 is 41.5 Å². The Balaban J connectivity index is 0.00000162. The standard InChI is InChI=1S/C12H12N2O3.2C12H16N2O.2C12H15NO2.3C11H14N2O2.2C10H12O2.Na.H2O/c1-2-12(8-6-4-3-5-7-8)9(15)13-11(17)14-10(12)16;2*1-2-10(11(15)8-12(13)14)9-6-4-3-5-7-9;2*1-2-10(11(14)8-12(13)15)9-6-4-3-5-7-9;3*1-2-11(9(12)14,10(13)15)8-6-4-3-5-7-8;2*1-2-9(10(11)12)8-6-4-3-5-7-8;;/h3-7H,2H2,1H3,(H2,13,14,15,16,17);2*3-7,10H,2,8H2,1H3,(H3,13,14);2*3-7,10H,2,8H2,1H3,(H2,13,15);3*3-7H,2H2,1H3,(H2,12,14)(H2,13,15);2*3-7,9H,2H2,1H3,(H,11,12);;1H2/q;;;;;;;;;;+1;/p-1. The largest absolute Gasteiger partial charge is 1.00 e. The Morgan fingerprint density at radius 2 is 0.493 bits per heavy atom. The number of hydrogen-bond acceptors (Lipinski definition) is 19. The Morgan fingerprint density at radius 3 is 0.649 bits per heavy atom. The van der Waals surface area contributed by atoms with Crippen molar-refractivity contribution in [1.29, 1.82) is 10.8 Å². The normalized spacial score (nSPS) is 13.0. The fourth-order valence-corrected chi connectivity index (χ4v) is 16.1. The van der Waals surface area contributed by atoms with Crippen molar-refractivity contribution in [3.8, 4) is 0 Å². The van der Waals surface area contributed by atoms with Gasteiger partial charge in [0.2, 0.25) is 53.2 Å². The molecule has 0 aromatic heterocycles. The fraction of sp³-hybridized carbons (Fsp3) is 0.301. The Kier molecular flexibility index (Phi) is 61.7. The van der Waals surface area contributed by atoms with E-state index < -0.39 is 98.7 Å². The predicted octanol–water partition coefficient (Wildman–Crippen LogP) is 8.73. The predicted molar refractivity (Wildman–Crippen MR) is 566 cm³/mol. The maximum absolute atomic E-state index is 12.0. The summed E-state index contributed by atoms with van der Waals surface area (Å²) in [6, 6.07) is 90.5. The number of aliphatic imine (C=N–C) groups is 1. The molecule has 0 saturated heterocycles. The molecule has 7 unspecified atom stereocenters. The molecule has 1 heterocycles. The first-order chi connectivity index (χ1) is 69.4. The van der Waals surface area contributed by atoms with E-state index >= 15 is 0 Å². The van der Waals surface area contributed by atoms with Crippen LogP contribution < -0.4 is 97.3 Å². The van der Waals surface area contributed by atoms with E-state index in [0.29, 0.717) is 47.9 Å². The van der Waals surface area contributed by atoms with Crippen LogP contribution in [0, 0.1) is 10.8 Å². The van der Waals surface area contributed by atoms with E-state index in [4.69, 9.17) is 78.4 Å². The molecule has 0 saturated carbocycles. The maximum Gasteiger partial charge on any atom is 1.00 e. The van der Waals surface area contributed by atoms with E-state index in [1.54, 1.807) is 149 Å². The summed E-state index contributed by atoms with van der Waals surface area (Å²) >= 11 is 0. The molecule has 11 rings (SSSR count). The van der Waals surface area contributed by atoms with Gasteiger partial charge in [0.05, 0.1) is 55.2 Å². The van der Waals surface area contributed by atoms with Gasteiger partial charge in [-0.25, -0.2) is 4.99 Å². The van der Waals surface area contributed by atoms with Crippen LogP contribution in [0.3, 0.4) is 0 Å². The smallest absolute Gasteiger partial charge is 0.846 e. The molecule has 1 aliphatic rings. The molecule has 7 atom stereocenters.